The van der Waals surface area contributed by atoms with E-state index in [9.17, 15) is 4.79 Å². The molecule has 0 saturated carbocycles. The molecule has 4 heteroatoms. The van der Waals surface area contributed by atoms with Crippen LogP contribution in [0, 0.1) is 0 Å². The normalized spacial score (nSPS) is 21.9. The summed E-state index contributed by atoms with van der Waals surface area (Å²) in [5.74, 6) is 0.264. The third-order valence-electron chi connectivity index (χ3n) is 3.34. The summed E-state index contributed by atoms with van der Waals surface area (Å²) in [7, 11) is 0. The summed E-state index contributed by atoms with van der Waals surface area (Å²) >= 11 is 0. The van der Waals surface area contributed by atoms with E-state index in [0.717, 1.165) is 51.8 Å². The van der Waals surface area contributed by atoms with Crippen molar-refractivity contribution >= 4 is 5.91 Å². The van der Waals surface area contributed by atoms with Gasteiger partial charge in [-0.3, -0.25) is 4.79 Å². The van der Waals surface area contributed by atoms with E-state index in [1.807, 2.05) is 11.8 Å². The van der Waals surface area contributed by atoms with Gasteiger partial charge in [-0.15, -0.1) is 0 Å². The van der Waals surface area contributed by atoms with Crippen LogP contribution in [0.1, 0.15) is 52.4 Å². The molecule has 2 unspecified atom stereocenters. The van der Waals surface area contributed by atoms with Gasteiger partial charge in [0.05, 0.1) is 6.10 Å². The highest BCUT2D eigenvalue weighted by Gasteiger charge is 2.23. The lowest BCUT2D eigenvalue weighted by atomic mass is 10.1. The molecule has 4 nitrogen and oxygen atoms in total. The zero-order valence-corrected chi connectivity index (χ0v) is 11.9. The number of nitrogens with two attached hydrogens (primary N) is 1. The molecular formula is C14H28N2O2. The fourth-order valence-electron chi connectivity index (χ4n) is 2.32. The molecule has 1 heterocycles. The van der Waals surface area contributed by atoms with E-state index in [1.165, 1.54) is 0 Å². The van der Waals surface area contributed by atoms with Crippen LogP contribution in [0.3, 0.4) is 0 Å². The molecule has 1 aliphatic heterocycles. The first-order valence-electron chi connectivity index (χ1n) is 7.28. The van der Waals surface area contributed by atoms with Gasteiger partial charge in [0.1, 0.15) is 0 Å². The zero-order chi connectivity index (χ0) is 13.4. The maximum Gasteiger partial charge on any atom is 0.222 e. The minimum Gasteiger partial charge on any atom is -0.376 e. The second-order valence-corrected chi connectivity index (χ2v) is 5.34. The number of nitrogens with zero attached hydrogens (tertiary/aromatic N) is 1. The summed E-state index contributed by atoms with van der Waals surface area (Å²) < 4.78 is 5.74. The predicted octanol–water partition coefficient (Wildman–Crippen LogP) is 1.92. The Morgan fingerprint density at radius 1 is 1.56 bits per heavy atom. The summed E-state index contributed by atoms with van der Waals surface area (Å²) in [6.45, 7) is 6.57. The summed E-state index contributed by atoms with van der Waals surface area (Å²) in [5.41, 5.74) is 5.69. The number of piperidine rings is 1. The van der Waals surface area contributed by atoms with Crippen molar-refractivity contribution in [1.29, 1.82) is 0 Å². The Hall–Kier alpha value is -0.610. The molecule has 2 atom stereocenters. The number of carbonyl (C=O) groups excluding carboxylic acids is 1. The van der Waals surface area contributed by atoms with Gasteiger partial charge in [-0.25, -0.2) is 0 Å². The van der Waals surface area contributed by atoms with E-state index in [2.05, 4.69) is 6.92 Å². The standard InChI is InChI=1S/C14H28N2O2/c1-3-10-18-13-7-5-9-16(11-13)14(17)8-4-6-12(2)15/h12-13H,3-11,15H2,1-2H3. The van der Waals surface area contributed by atoms with E-state index >= 15 is 0 Å². The van der Waals surface area contributed by atoms with Crippen LogP contribution in [0.2, 0.25) is 0 Å². The molecule has 0 spiro atoms. The van der Waals surface area contributed by atoms with Gasteiger partial charge in [0.15, 0.2) is 0 Å². The van der Waals surface area contributed by atoms with Crippen molar-refractivity contribution in [3.63, 3.8) is 0 Å². The molecule has 1 amide bonds. The van der Waals surface area contributed by atoms with Crippen LogP contribution in [-0.4, -0.2) is 42.6 Å². The average Bonchev–Trinajstić information content (AvgIpc) is 2.36. The van der Waals surface area contributed by atoms with E-state index in [1.54, 1.807) is 0 Å². The van der Waals surface area contributed by atoms with Crippen LogP contribution in [0.5, 0.6) is 0 Å². The molecule has 0 aromatic carbocycles. The maximum absolute atomic E-state index is 12.0. The lowest BCUT2D eigenvalue weighted by Gasteiger charge is -2.32. The highest BCUT2D eigenvalue weighted by Crippen LogP contribution is 2.15. The number of amides is 1. The molecule has 0 aromatic rings. The van der Waals surface area contributed by atoms with Gasteiger partial charge in [-0.1, -0.05) is 6.92 Å². The van der Waals surface area contributed by atoms with Gasteiger partial charge < -0.3 is 15.4 Å². The third-order valence-corrected chi connectivity index (χ3v) is 3.34. The Morgan fingerprint density at radius 2 is 2.33 bits per heavy atom. The van der Waals surface area contributed by atoms with Crippen LogP contribution >= 0.6 is 0 Å². The first-order chi connectivity index (χ1) is 8.63. The smallest absolute Gasteiger partial charge is 0.222 e. The molecule has 1 saturated heterocycles. The maximum atomic E-state index is 12.0. The van der Waals surface area contributed by atoms with Crippen LogP contribution < -0.4 is 5.73 Å². The molecule has 18 heavy (non-hydrogen) atoms. The lowest BCUT2D eigenvalue weighted by Crippen LogP contribution is -2.43. The molecule has 1 fully saturated rings. The fraction of sp³-hybridized carbons (Fsp3) is 0.929. The fourth-order valence-corrected chi connectivity index (χ4v) is 2.32. The molecule has 1 rings (SSSR count). The van der Waals surface area contributed by atoms with Gasteiger partial charge >= 0.3 is 0 Å². The first kappa shape index (κ1) is 15.4. The van der Waals surface area contributed by atoms with Gasteiger partial charge in [-0.05, 0) is 39.0 Å². The zero-order valence-electron chi connectivity index (χ0n) is 11.9. The predicted molar refractivity (Wildman–Crippen MR) is 73.3 cm³/mol. The second-order valence-electron chi connectivity index (χ2n) is 5.34. The Labute approximate surface area is 111 Å². The Kier molecular flexibility index (Phi) is 7.28. The number of likely N-dealkylation sites (tertiary alicyclic amines) is 1. The van der Waals surface area contributed by atoms with Crippen LogP contribution in [0.4, 0.5) is 0 Å². The van der Waals surface area contributed by atoms with Gasteiger partial charge in [0, 0.05) is 32.2 Å². The van der Waals surface area contributed by atoms with Crippen molar-refractivity contribution in [3.05, 3.63) is 0 Å². The Bertz CT molecular complexity index is 244. The number of ether oxygens (including phenoxy) is 1. The summed E-state index contributed by atoms with van der Waals surface area (Å²) in [6.07, 6.45) is 5.89. The minimum absolute atomic E-state index is 0.194. The molecule has 0 radical (unpaired) electrons. The number of hydrogen-bond acceptors (Lipinski definition) is 3. The van der Waals surface area contributed by atoms with Crippen LogP contribution in [0.15, 0.2) is 0 Å². The third kappa shape index (κ3) is 5.83. The topological polar surface area (TPSA) is 55.6 Å². The monoisotopic (exact) mass is 256 g/mol. The number of hydrogen-bond donors (Lipinski definition) is 1. The molecule has 0 aromatic heterocycles. The highest BCUT2D eigenvalue weighted by atomic mass is 16.5. The summed E-state index contributed by atoms with van der Waals surface area (Å²) in [5, 5.41) is 0. The van der Waals surface area contributed by atoms with Crippen molar-refractivity contribution in [2.24, 2.45) is 5.73 Å². The van der Waals surface area contributed by atoms with Gasteiger partial charge in [-0.2, -0.15) is 0 Å². The molecular weight excluding hydrogens is 228 g/mol. The lowest BCUT2D eigenvalue weighted by molar-refractivity contribution is -0.135. The van der Waals surface area contributed by atoms with Crippen molar-refractivity contribution < 1.29 is 9.53 Å². The largest absolute Gasteiger partial charge is 0.376 e. The van der Waals surface area contributed by atoms with Crippen LogP contribution in [-0.2, 0) is 9.53 Å². The molecule has 1 aliphatic rings. The van der Waals surface area contributed by atoms with Crippen molar-refractivity contribution in [1.82, 2.24) is 4.90 Å². The SMILES string of the molecule is CCCOC1CCCN(C(=O)CCCC(C)N)C1. The summed E-state index contributed by atoms with van der Waals surface area (Å²) in [6, 6.07) is 0.194. The van der Waals surface area contributed by atoms with Crippen LogP contribution in [0.25, 0.3) is 0 Å². The minimum atomic E-state index is 0.194. The van der Waals surface area contributed by atoms with E-state index in [0.29, 0.717) is 6.42 Å². The Morgan fingerprint density at radius 3 is 3.00 bits per heavy atom. The molecule has 0 aliphatic carbocycles. The van der Waals surface area contributed by atoms with E-state index in [-0.39, 0.29) is 18.1 Å². The van der Waals surface area contributed by atoms with E-state index in [4.69, 9.17) is 10.5 Å². The van der Waals surface area contributed by atoms with Crippen molar-refractivity contribution in [3.8, 4) is 0 Å². The number of carbonyl (C=O) groups is 1. The Balaban J connectivity index is 2.25. The molecule has 106 valence electrons. The van der Waals surface area contributed by atoms with Gasteiger partial charge in [0.25, 0.3) is 0 Å². The molecule has 0 bridgehead atoms. The quantitative estimate of drug-likeness (QED) is 0.757. The number of rotatable bonds is 7. The van der Waals surface area contributed by atoms with E-state index < -0.39 is 0 Å². The highest BCUT2D eigenvalue weighted by molar-refractivity contribution is 5.76. The van der Waals surface area contributed by atoms with Gasteiger partial charge in [0.2, 0.25) is 5.91 Å². The first-order valence-corrected chi connectivity index (χ1v) is 7.28. The average molecular weight is 256 g/mol. The molecule has 2 N–H and O–H groups in total. The van der Waals surface area contributed by atoms with Crippen molar-refractivity contribution in [2.45, 2.75) is 64.5 Å². The van der Waals surface area contributed by atoms with Crippen molar-refractivity contribution in [2.75, 3.05) is 19.7 Å². The second kappa shape index (κ2) is 8.48. The summed E-state index contributed by atoms with van der Waals surface area (Å²) in [4.78, 5) is 14.0.